The minimum absolute atomic E-state index is 0.149. The van der Waals surface area contributed by atoms with Crippen molar-refractivity contribution in [3.05, 3.63) is 48.2 Å². The summed E-state index contributed by atoms with van der Waals surface area (Å²) in [4.78, 5) is 17.9. The van der Waals surface area contributed by atoms with Crippen molar-refractivity contribution >= 4 is 34.0 Å². The highest BCUT2D eigenvalue weighted by Gasteiger charge is 2.18. The average Bonchev–Trinajstić information content (AvgIpc) is 3.23. The molecule has 2 aromatic carbocycles. The summed E-state index contributed by atoms with van der Waals surface area (Å²) in [5.41, 5.74) is 5.05. The standard InChI is InChI=1S/C28H37FN8O/c1-17(2)37-18(3)32-27-20(29)13-19(14-25(27)37)21-9-10-31-28(33-21)34-23-15-22(30-4)24(16-26(23)38-8)36(7)12-11-35(5)6/h9-10,13-17,30H,11-12H2,1-8H3,(H,31,33,34). The van der Waals surface area contributed by atoms with Crippen LogP contribution in [0.1, 0.15) is 25.7 Å². The van der Waals surface area contributed by atoms with Gasteiger partial charge in [-0.25, -0.2) is 19.3 Å². The lowest BCUT2D eigenvalue weighted by molar-refractivity contribution is 0.413. The van der Waals surface area contributed by atoms with E-state index in [0.29, 0.717) is 34.2 Å². The predicted octanol–water partition coefficient (Wildman–Crippen LogP) is 5.31. The van der Waals surface area contributed by atoms with Crippen LogP contribution in [-0.4, -0.2) is 72.8 Å². The Labute approximate surface area is 223 Å². The van der Waals surface area contributed by atoms with Crippen LogP contribution in [0.25, 0.3) is 22.3 Å². The van der Waals surface area contributed by atoms with Gasteiger partial charge in [-0.15, -0.1) is 0 Å². The second-order valence-corrected chi connectivity index (χ2v) is 9.88. The highest BCUT2D eigenvalue weighted by atomic mass is 19.1. The molecule has 0 saturated carbocycles. The van der Waals surface area contributed by atoms with Crippen LogP contribution in [0.15, 0.2) is 36.5 Å². The van der Waals surface area contributed by atoms with Crippen LogP contribution >= 0.6 is 0 Å². The number of halogens is 1. The molecule has 38 heavy (non-hydrogen) atoms. The molecular weight excluding hydrogens is 483 g/mol. The van der Waals surface area contributed by atoms with Gasteiger partial charge in [0, 0.05) is 51.1 Å². The highest BCUT2D eigenvalue weighted by molar-refractivity contribution is 5.83. The molecule has 4 aromatic rings. The summed E-state index contributed by atoms with van der Waals surface area (Å²) in [6.07, 6.45) is 1.66. The molecule has 2 N–H and O–H groups in total. The Bertz CT molecular complexity index is 1430. The molecule has 0 saturated heterocycles. The summed E-state index contributed by atoms with van der Waals surface area (Å²) in [7, 11) is 9.70. The number of hydrogen-bond donors (Lipinski definition) is 2. The van der Waals surface area contributed by atoms with E-state index in [2.05, 4.69) is 65.4 Å². The Kier molecular flexibility index (Phi) is 8.01. The third-order valence-electron chi connectivity index (χ3n) is 6.52. The summed E-state index contributed by atoms with van der Waals surface area (Å²) < 4.78 is 22.8. The quantitative estimate of drug-likeness (QED) is 0.291. The zero-order valence-electron chi connectivity index (χ0n) is 23.4. The molecule has 0 fully saturated rings. The molecular formula is C28H37FN8O. The number of aromatic nitrogens is 4. The fraction of sp³-hybridized carbons (Fsp3) is 0.393. The summed E-state index contributed by atoms with van der Waals surface area (Å²) in [5, 5.41) is 6.56. The van der Waals surface area contributed by atoms with Crippen LogP contribution in [0.3, 0.4) is 0 Å². The summed E-state index contributed by atoms with van der Waals surface area (Å²) in [5.74, 6) is 1.45. The second-order valence-electron chi connectivity index (χ2n) is 9.88. The van der Waals surface area contributed by atoms with Gasteiger partial charge in [0.15, 0.2) is 5.82 Å². The number of imidazole rings is 1. The van der Waals surface area contributed by atoms with E-state index in [1.165, 1.54) is 6.07 Å². The molecule has 0 aliphatic rings. The number of nitrogens with one attached hydrogen (secondary N) is 2. The fourth-order valence-corrected chi connectivity index (χ4v) is 4.59. The van der Waals surface area contributed by atoms with Gasteiger partial charge in [0.1, 0.15) is 17.1 Å². The summed E-state index contributed by atoms with van der Waals surface area (Å²) in [6.45, 7) is 7.79. The number of anilines is 4. The van der Waals surface area contributed by atoms with Crippen LogP contribution in [-0.2, 0) is 0 Å². The number of ether oxygens (including phenoxy) is 1. The number of rotatable bonds is 10. The first kappa shape index (κ1) is 27.1. The van der Waals surface area contributed by atoms with Crippen LogP contribution in [0.5, 0.6) is 5.75 Å². The minimum Gasteiger partial charge on any atom is -0.494 e. The van der Waals surface area contributed by atoms with Gasteiger partial charge >= 0.3 is 0 Å². The third-order valence-corrected chi connectivity index (χ3v) is 6.52. The van der Waals surface area contributed by atoms with Gasteiger partial charge in [-0.3, -0.25) is 0 Å². The molecule has 0 atom stereocenters. The number of aryl methyl sites for hydroxylation is 1. The van der Waals surface area contributed by atoms with Gasteiger partial charge in [-0.1, -0.05) is 0 Å². The number of likely N-dealkylation sites (N-methyl/N-ethyl adjacent to an activating group) is 2. The molecule has 2 aromatic heterocycles. The molecule has 202 valence electrons. The number of hydrogen-bond acceptors (Lipinski definition) is 8. The van der Waals surface area contributed by atoms with E-state index in [9.17, 15) is 0 Å². The summed E-state index contributed by atoms with van der Waals surface area (Å²) >= 11 is 0. The Morgan fingerprint density at radius 3 is 2.47 bits per heavy atom. The first-order valence-corrected chi connectivity index (χ1v) is 12.7. The molecule has 0 aliphatic carbocycles. The molecule has 0 unspecified atom stereocenters. The number of nitrogens with zero attached hydrogens (tertiary/aromatic N) is 6. The zero-order valence-corrected chi connectivity index (χ0v) is 23.4. The molecule has 0 aliphatic heterocycles. The van der Waals surface area contributed by atoms with Crippen molar-refractivity contribution in [3.8, 4) is 17.0 Å². The number of methoxy groups -OCH3 is 1. The first-order valence-electron chi connectivity index (χ1n) is 12.7. The van der Waals surface area contributed by atoms with E-state index in [-0.39, 0.29) is 11.9 Å². The van der Waals surface area contributed by atoms with E-state index in [0.717, 1.165) is 35.8 Å². The average molecular weight is 521 g/mol. The smallest absolute Gasteiger partial charge is 0.227 e. The second kappa shape index (κ2) is 11.2. The Hall–Kier alpha value is -3.92. The summed E-state index contributed by atoms with van der Waals surface area (Å²) in [6, 6.07) is 9.30. The van der Waals surface area contributed by atoms with Crippen molar-refractivity contribution in [1.82, 2.24) is 24.4 Å². The molecule has 10 heteroatoms. The maximum Gasteiger partial charge on any atom is 0.227 e. The number of fused-ring (bicyclic) bond motifs is 1. The molecule has 9 nitrogen and oxygen atoms in total. The molecule has 0 amide bonds. The molecule has 0 radical (unpaired) electrons. The van der Waals surface area contributed by atoms with Crippen molar-refractivity contribution < 1.29 is 9.13 Å². The van der Waals surface area contributed by atoms with Crippen molar-refractivity contribution in [2.24, 2.45) is 0 Å². The topological polar surface area (TPSA) is 83.4 Å². The lowest BCUT2D eigenvalue weighted by atomic mass is 10.1. The van der Waals surface area contributed by atoms with Gasteiger partial charge in [0.25, 0.3) is 0 Å². The normalized spacial score (nSPS) is 11.4. The lowest BCUT2D eigenvalue weighted by Crippen LogP contribution is -2.29. The highest BCUT2D eigenvalue weighted by Crippen LogP contribution is 2.38. The van der Waals surface area contributed by atoms with Gasteiger partial charge in [-0.2, -0.15) is 0 Å². The predicted molar refractivity (Wildman–Crippen MR) is 153 cm³/mol. The van der Waals surface area contributed by atoms with Gasteiger partial charge in [0.05, 0.1) is 35.4 Å². The Morgan fingerprint density at radius 2 is 1.82 bits per heavy atom. The van der Waals surface area contributed by atoms with Crippen LogP contribution in [0.4, 0.5) is 27.4 Å². The SMILES string of the molecule is CNc1cc(Nc2nccc(-c3cc(F)c4nc(C)n(C(C)C)c4c3)n2)c(OC)cc1N(C)CCN(C)C. The van der Waals surface area contributed by atoms with Crippen LogP contribution < -0.4 is 20.3 Å². The lowest BCUT2D eigenvalue weighted by Gasteiger charge is -2.25. The van der Waals surface area contributed by atoms with Crippen molar-refractivity contribution in [3.63, 3.8) is 0 Å². The van der Waals surface area contributed by atoms with Crippen molar-refractivity contribution in [1.29, 1.82) is 0 Å². The third kappa shape index (κ3) is 5.50. The van der Waals surface area contributed by atoms with Gasteiger partial charge in [0.2, 0.25) is 5.95 Å². The number of benzene rings is 2. The van der Waals surface area contributed by atoms with Crippen LogP contribution in [0, 0.1) is 12.7 Å². The van der Waals surface area contributed by atoms with Crippen LogP contribution in [0.2, 0.25) is 0 Å². The van der Waals surface area contributed by atoms with E-state index in [1.807, 2.05) is 36.7 Å². The first-order chi connectivity index (χ1) is 18.1. The van der Waals surface area contributed by atoms with E-state index < -0.39 is 0 Å². The zero-order chi connectivity index (χ0) is 27.6. The molecule has 0 spiro atoms. The van der Waals surface area contributed by atoms with E-state index in [1.54, 1.807) is 19.4 Å². The van der Waals surface area contributed by atoms with Gasteiger partial charge < -0.3 is 29.7 Å². The Morgan fingerprint density at radius 1 is 1.05 bits per heavy atom. The van der Waals surface area contributed by atoms with E-state index >= 15 is 4.39 Å². The van der Waals surface area contributed by atoms with Gasteiger partial charge in [-0.05, 0) is 59.1 Å². The maximum atomic E-state index is 15.1. The maximum absolute atomic E-state index is 15.1. The molecule has 0 bridgehead atoms. The fourth-order valence-electron chi connectivity index (χ4n) is 4.59. The van der Waals surface area contributed by atoms with E-state index in [4.69, 9.17) is 9.72 Å². The van der Waals surface area contributed by atoms with Crippen molar-refractivity contribution in [2.45, 2.75) is 26.8 Å². The largest absolute Gasteiger partial charge is 0.494 e. The molecule has 4 rings (SSSR count). The van der Waals surface area contributed by atoms with Crippen molar-refractivity contribution in [2.75, 3.05) is 63.9 Å². The molecule has 2 heterocycles. The minimum atomic E-state index is -0.373. The monoisotopic (exact) mass is 520 g/mol. The Balaban J connectivity index is 1.69.